The third-order valence-corrected chi connectivity index (χ3v) is 7.55. The number of methoxy groups -OCH3 is 1. The number of esters is 1. The zero-order chi connectivity index (χ0) is 25.9. The van der Waals surface area contributed by atoms with Gasteiger partial charge >= 0.3 is 5.97 Å². The van der Waals surface area contributed by atoms with Crippen LogP contribution in [-0.2, 0) is 16.1 Å². The maximum Gasteiger partial charge on any atom is 0.338 e. The van der Waals surface area contributed by atoms with Crippen LogP contribution in [0.25, 0.3) is 0 Å². The van der Waals surface area contributed by atoms with Gasteiger partial charge in [-0.05, 0) is 94.7 Å². The maximum atomic E-state index is 13.5. The number of carbonyl (C=O) groups excluding carboxylic acids is 1. The lowest BCUT2D eigenvalue weighted by atomic mass is 9.94. The molecular weight excluding hydrogens is 538 g/mol. The summed E-state index contributed by atoms with van der Waals surface area (Å²) in [6.45, 7) is 4.29. The standard InChI is InChI=1S/C27H30BrN5O4/c1-16-9-7-8-10-18(16)15-36-25-21(28)13-19(14-22(25)35-3)24-23(17(2)29-27-30-31-32-33(24)27)26(34)37-20-11-5-4-6-12-20/h7-10,13-14,20,24H,4-6,11-12,15H2,1-3H3,(H,29,30,32). The summed E-state index contributed by atoms with van der Waals surface area (Å²) in [4.78, 5) is 13.5. The molecule has 2 heterocycles. The normalized spacial score (nSPS) is 17.7. The number of fused-ring (bicyclic) bond motifs is 1. The average Bonchev–Trinajstić information content (AvgIpc) is 3.36. The van der Waals surface area contributed by atoms with Crippen molar-refractivity contribution < 1.29 is 19.0 Å². The first-order valence-corrected chi connectivity index (χ1v) is 13.3. The van der Waals surface area contributed by atoms with Crippen LogP contribution in [0, 0.1) is 6.92 Å². The van der Waals surface area contributed by atoms with Crippen LogP contribution in [0.15, 0.2) is 52.1 Å². The summed E-state index contributed by atoms with van der Waals surface area (Å²) in [5.41, 5.74) is 4.12. The molecule has 0 bridgehead atoms. The van der Waals surface area contributed by atoms with E-state index < -0.39 is 6.04 Å². The van der Waals surface area contributed by atoms with Crippen molar-refractivity contribution in [2.45, 2.75) is 64.7 Å². The summed E-state index contributed by atoms with van der Waals surface area (Å²) in [6, 6.07) is 11.3. The van der Waals surface area contributed by atoms with Crippen molar-refractivity contribution in [3.8, 4) is 11.5 Å². The van der Waals surface area contributed by atoms with Crippen molar-refractivity contribution in [1.29, 1.82) is 0 Å². The minimum atomic E-state index is -0.599. The minimum Gasteiger partial charge on any atom is -0.493 e. The second-order valence-electron chi connectivity index (χ2n) is 9.43. The first-order chi connectivity index (χ1) is 18.0. The number of allylic oxidation sites excluding steroid dienone is 1. The highest BCUT2D eigenvalue weighted by Gasteiger charge is 2.37. The van der Waals surface area contributed by atoms with Gasteiger partial charge in [-0.1, -0.05) is 35.8 Å². The molecule has 0 spiro atoms. The fraction of sp³-hybridized carbons (Fsp3) is 0.407. The highest BCUT2D eigenvalue weighted by atomic mass is 79.9. The monoisotopic (exact) mass is 567 g/mol. The number of halogens is 1. The Kier molecular flexibility index (Phi) is 7.45. The lowest BCUT2D eigenvalue weighted by molar-refractivity contribution is -0.146. The van der Waals surface area contributed by atoms with Crippen LogP contribution in [0.1, 0.15) is 61.8 Å². The van der Waals surface area contributed by atoms with Gasteiger partial charge in [-0.15, -0.1) is 0 Å². The van der Waals surface area contributed by atoms with Crippen molar-refractivity contribution in [1.82, 2.24) is 20.2 Å². The van der Waals surface area contributed by atoms with Crippen LogP contribution in [-0.4, -0.2) is 39.4 Å². The van der Waals surface area contributed by atoms with Gasteiger partial charge in [-0.25, -0.2) is 4.79 Å². The SMILES string of the molecule is COc1cc(C2C(C(=O)OC3CCCCC3)=C(C)Nc3nnnn32)cc(Br)c1OCc1ccccc1C. The van der Waals surface area contributed by atoms with Gasteiger partial charge < -0.3 is 19.5 Å². The van der Waals surface area contributed by atoms with E-state index in [1.807, 2.05) is 37.3 Å². The lowest BCUT2D eigenvalue weighted by Gasteiger charge is -2.30. The van der Waals surface area contributed by atoms with Crippen molar-refractivity contribution in [2.24, 2.45) is 0 Å². The number of tetrazole rings is 1. The largest absolute Gasteiger partial charge is 0.493 e. The molecule has 5 rings (SSSR count). The molecule has 1 unspecified atom stereocenters. The molecule has 2 aliphatic rings. The molecule has 194 valence electrons. The molecule has 0 radical (unpaired) electrons. The molecule has 1 aliphatic carbocycles. The van der Waals surface area contributed by atoms with Crippen LogP contribution in [0.4, 0.5) is 5.95 Å². The van der Waals surface area contributed by atoms with Gasteiger partial charge in [0.1, 0.15) is 18.8 Å². The summed E-state index contributed by atoms with van der Waals surface area (Å²) in [5, 5.41) is 15.2. The van der Waals surface area contributed by atoms with Crippen molar-refractivity contribution in [3.63, 3.8) is 0 Å². The number of carbonyl (C=O) groups is 1. The highest BCUT2D eigenvalue weighted by molar-refractivity contribution is 9.10. The fourth-order valence-corrected chi connectivity index (χ4v) is 5.52. The molecule has 1 atom stereocenters. The molecule has 1 saturated carbocycles. The summed E-state index contributed by atoms with van der Waals surface area (Å²) < 4.78 is 20.2. The van der Waals surface area contributed by atoms with E-state index in [1.165, 1.54) is 6.42 Å². The highest BCUT2D eigenvalue weighted by Crippen LogP contribution is 2.43. The summed E-state index contributed by atoms with van der Waals surface area (Å²) in [5.74, 6) is 1.20. The molecule has 1 fully saturated rings. The Morgan fingerprint density at radius 3 is 2.70 bits per heavy atom. The van der Waals surface area contributed by atoms with Crippen LogP contribution in [0.5, 0.6) is 11.5 Å². The van der Waals surface area contributed by atoms with Crippen molar-refractivity contribution in [2.75, 3.05) is 12.4 Å². The van der Waals surface area contributed by atoms with Gasteiger partial charge in [-0.2, -0.15) is 4.68 Å². The number of anilines is 1. The van der Waals surface area contributed by atoms with Crippen molar-refractivity contribution >= 4 is 27.8 Å². The van der Waals surface area contributed by atoms with Gasteiger partial charge in [0, 0.05) is 5.70 Å². The molecule has 1 aliphatic heterocycles. The first-order valence-electron chi connectivity index (χ1n) is 12.5. The molecule has 0 saturated heterocycles. The number of ether oxygens (including phenoxy) is 3. The zero-order valence-electron chi connectivity index (χ0n) is 21.2. The molecule has 1 N–H and O–H groups in total. The lowest BCUT2D eigenvalue weighted by Crippen LogP contribution is -2.32. The molecule has 2 aromatic carbocycles. The number of hydrogen-bond acceptors (Lipinski definition) is 8. The smallest absolute Gasteiger partial charge is 0.338 e. The number of nitrogens with zero attached hydrogens (tertiary/aromatic N) is 4. The molecule has 37 heavy (non-hydrogen) atoms. The minimum absolute atomic E-state index is 0.0732. The number of aromatic nitrogens is 4. The Bertz CT molecular complexity index is 1330. The van der Waals surface area contributed by atoms with E-state index in [2.05, 4.69) is 49.8 Å². The Labute approximate surface area is 224 Å². The number of hydrogen-bond donors (Lipinski definition) is 1. The zero-order valence-corrected chi connectivity index (χ0v) is 22.7. The first kappa shape index (κ1) is 25.3. The maximum absolute atomic E-state index is 13.5. The van der Waals surface area contributed by atoms with Crippen LogP contribution < -0.4 is 14.8 Å². The third-order valence-electron chi connectivity index (χ3n) is 6.96. The van der Waals surface area contributed by atoms with Gasteiger partial charge in [-0.3, -0.25) is 0 Å². The van der Waals surface area contributed by atoms with Crippen molar-refractivity contribution in [3.05, 3.63) is 68.8 Å². The summed E-state index contributed by atoms with van der Waals surface area (Å²) in [7, 11) is 1.59. The Morgan fingerprint density at radius 1 is 1.16 bits per heavy atom. The summed E-state index contributed by atoms with van der Waals surface area (Å²) >= 11 is 3.67. The second kappa shape index (κ2) is 10.9. The van der Waals surface area contributed by atoms with E-state index >= 15 is 0 Å². The predicted molar refractivity (Wildman–Crippen MR) is 141 cm³/mol. The summed E-state index contributed by atoms with van der Waals surface area (Å²) in [6.07, 6.45) is 5.03. The Morgan fingerprint density at radius 2 is 1.95 bits per heavy atom. The number of aryl methyl sites for hydroxylation is 1. The van der Waals surface area contributed by atoms with E-state index in [0.717, 1.165) is 42.4 Å². The molecule has 10 heteroatoms. The Balaban J connectivity index is 1.49. The van der Waals surface area contributed by atoms with Crippen LogP contribution in [0.3, 0.4) is 0 Å². The van der Waals surface area contributed by atoms with Gasteiger partial charge in [0.25, 0.3) is 0 Å². The number of benzene rings is 2. The van der Waals surface area contributed by atoms with Gasteiger partial charge in [0.2, 0.25) is 5.95 Å². The molecule has 0 amide bonds. The second-order valence-corrected chi connectivity index (χ2v) is 10.3. The third kappa shape index (κ3) is 5.20. The predicted octanol–water partition coefficient (Wildman–Crippen LogP) is 5.50. The van der Waals surface area contributed by atoms with E-state index in [-0.39, 0.29) is 12.1 Å². The van der Waals surface area contributed by atoms with Crippen LogP contribution in [0.2, 0.25) is 0 Å². The Hall–Kier alpha value is -3.40. The van der Waals surface area contributed by atoms with E-state index in [4.69, 9.17) is 14.2 Å². The molecule has 3 aromatic rings. The molecule has 9 nitrogen and oxygen atoms in total. The van der Waals surface area contributed by atoms with Gasteiger partial charge in [0.05, 0.1) is 17.2 Å². The fourth-order valence-electron chi connectivity index (χ4n) is 4.94. The van der Waals surface area contributed by atoms with E-state index in [1.54, 1.807) is 11.8 Å². The van der Waals surface area contributed by atoms with E-state index in [9.17, 15) is 4.79 Å². The van der Waals surface area contributed by atoms with Crippen LogP contribution >= 0.6 is 15.9 Å². The molecular formula is C27H30BrN5O4. The van der Waals surface area contributed by atoms with E-state index in [0.29, 0.717) is 39.8 Å². The topological polar surface area (TPSA) is 100 Å². The number of nitrogens with one attached hydrogen (secondary N) is 1. The van der Waals surface area contributed by atoms with Gasteiger partial charge in [0.15, 0.2) is 11.5 Å². The quantitative estimate of drug-likeness (QED) is 0.374. The number of rotatable bonds is 7. The molecule has 1 aromatic heterocycles. The average molecular weight is 568 g/mol.